The lowest BCUT2D eigenvalue weighted by atomic mass is 10.0. The number of hydrogen-bond donors (Lipinski definition) is 0. The molecule has 0 saturated carbocycles. The molecule has 0 fully saturated rings. The maximum absolute atomic E-state index is 11.9. The van der Waals surface area contributed by atoms with Gasteiger partial charge in [0.05, 0.1) is 0 Å². The average Bonchev–Trinajstić information content (AvgIpc) is 2.32. The van der Waals surface area contributed by atoms with Crippen molar-refractivity contribution in [2.45, 2.75) is 52.4 Å². The molecule has 0 unspecified atom stereocenters. The van der Waals surface area contributed by atoms with Gasteiger partial charge in [-0.1, -0.05) is 56.3 Å². The second-order valence-corrected chi connectivity index (χ2v) is 4.96. The minimum absolute atomic E-state index is 0.211. The van der Waals surface area contributed by atoms with Crippen molar-refractivity contribution in [2.24, 2.45) is 0 Å². The standard InChI is InChI=1S/C15H21ClO/c1-3-4-5-6-7-8-15(17)13-10-9-12(2)14(16)11-13/h9-11H,3-8H2,1-2H3. The van der Waals surface area contributed by atoms with Crippen molar-refractivity contribution in [1.82, 2.24) is 0 Å². The molecule has 0 amide bonds. The van der Waals surface area contributed by atoms with E-state index in [1.807, 2.05) is 19.1 Å². The summed E-state index contributed by atoms with van der Waals surface area (Å²) in [4.78, 5) is 11.9. The van der Waals surface area contributed by atoms with Crippen molar-refractivity contribution >= 4 is 17.4 Å². The van der Waals surface area contributed by atoms with Gasteiger partial charge in [-0.2, -0.15) is 0 Å². The van der Waals surface area contributed by atoms with Gasteiger partial charge in [-0.05, 0) is 25.0 Å². The lowest BCUT2D eigenvalue weighted by molar-refractivity contribution is 0.0979. The maximum atomic E-state index is 11.9. The number of aryl methyl sites for hydroxylation is 1. The minimum Gasteiger partial charge on any atom is -0.294 e. The third-order valence-corrected chi connectivity index (χ3v) is 3.41. The Morgan fingerprint density at radius 2 is 1.88 bits per heavy atom. The molecule has 0 radical (unpaired) electrons. The van der Waals surface area contributed by atoms with Crippen LogP contribution in [0.2, 0.25) is 5.02 Å². The summed E-state index contributed by atoms with van der Waals surface area (Å²) in [6.07, 6.45) is 6.52. The minimum atomic E-state index is 0.211. The van der Waals surface area contributed by atoms with Gasteiger partial charge in [0.2, 0.25) is 0 Å². The van der Waals surface area contributed by atoms with Crippen LogP contribution in [0, 0.1) is 6.92 Å². The molecule has 94 valence electrons. The fraction of sp³-hybridized carbons (Fsp3) is 0.533. The predicted molar refractivity (Wildman–Crippen MR) is 73.9 cm³/mol. The molecular formula is C15H21ClO. The Hall–Kier alpha value is -0.820. The van der Waals surface area contributed by atoms with E-state index in [0.29, 0.717) is 11.4 Å². The van der Waals surface area contributed by atoms with E-state index in [9.17, 15) is 4.79 Å². The molecule has 2 heteroatoms. The van der Waals surface area contributed by atoms with Gasteiger partial charge in [0.15, 0.2) is 5.78 Å². The summed E-state index contributed by atoms with van der Waals surface area (Å²) in [5, 5.41) is 0.682. The van der Waals surface area contributed by atoms with Gasteiger partial charge in [-0.25, -0.2) is 0 Å². The van der Waals surface area contributed by atoms with Gasteiger partial charge in [0, 0.05) is 17.0 Å². The summed E-state index contributed by atoms with van der Waals surface area (Å²) in [6.45, 7) is 4.14. The summed E-state index contributed by atoms with van der Waals surface area (Å²) in [7, 11) is 0. The highest BCUT2D eigenvalue weighted by atomic mass is 35.5. The second-order valence-electron chi connectivity index (χ2n) is 4.55. The van der Waals surface area contributed by atoms with Gasteiger partial charge in [0.25, 0.3) is 0 Å². The van der Waals surface area contributed by atoms with Crippen molar-refractivity contribution in [3.8, 4) is 0 Å². The van der Waals surface area contributed by atoms with Gasteiger partial charge < -0.3 is 0 Å². The van der Waals surface area contributed by atoms with Crippen LogP contribution >= 0.6 is 11.6 Å². The smallest absolute Gasteiger partial charge is 0.162 e. The maximum Gasteiger partial charge on any atom is 0.162 e. The first-order valence-corrected chi connectivity index (χ1v) is 6.82. The molecule has 0 aliphatic heterocycles. The summed E-state index contributed by atoms with van der Waals surface area (Å²) in [5.74, 6) is 0.211. The van der Waals surface area contributed by atoms with E-state index in [1.165, 1.54) is 19.3 Å². The van der Waals surface area contributed by atoms with Crippen LogP contribution in [0.5, 0.6) is 0 Å². The first-order chi connectivity index (χ1) is 8.15. The fourth-order valence-corrected chi connectivity index (χ4v) is 1.98. The number of benzene rings is 1. The van der Waals surface area contributed by atoms with Gasteiger partial charge in [-0.15, -0.1) is 0 Å². The van der Waals surface area contributed by atoms with E-state index < -0.39 is 0 Å². The zero-order valence-corrected chi connectivity index (χ0v) is 11.5. The van der Waals surface area contributed by atoms with E-state index in [2.05, 4.69) is 6.92 Å². The summed E-state index contributed by atoms with van der Waals surface area (Å²) in [6, 6.07) is 5.56. The van der Waals surface area contributed by atoms with Crippen LogP contribution < -0.4 is 0 Å². The molecule has 0 aromatic heterocycles. The Morgan fingerprint density at radius 3 is 2.53 bits per heavy atom. The second kappa shape index (κ2) is 7.50. The van der Waals surface area contributed by atoms with Crippen LogP contribution in [0.25, 0.3) is 0 Å². The van der Waals surface area contributed by atoms with E-state index in [1.54, 1.807) is 6.07 Å². The van der Waals surface area contributed by atoms with Crippen molar-refractivity contribution < 1.29 is 4.79 Å². The molecule has 0 N–H and O–H groups in total. The molecule has 0 heterocycles. The highest BCUT2D eigenvalue weighted by molar-refractivity contribution is 6.31. The molecule has 0 saturated heterocycles. The van der Waals surface area contributed by atoms with Crippen molar-refractivity contribution in [1.29, 1.82) is 0 Å². The zero-order valence-electron chi connectivity index (χ0n) is 10.8. The highest BCUT2D eigenvalue weighted by Gasteiger charge is 2.06. The molecule has 17 heavy (non-hydrogen) atoms. The molecule has 1 nitrogen and oxygen atoms in total. The number of Topliss-reactive ketones (excluding diaryl/α,β-unsaturated/α-hetero) is 1. The van der Waals surface area contributed by atoms with Crippen molar-refractivity contribution in [2.75, 3.05) is 0 Å². The third-order valence-electron chi connectivity index (χ3n) is 3.00. The molecule has 0 atom stereocenters. The zero-order chi connectivity index (χ0) is 12.7. The topological polar surface area (TPSA) is 17.1 Å². The van der Waals surface area contributed by atoms with Gasteiger partial charge in [-0.3, -0.25) is 4.79 Å². The normalized spacial score (nSPS) is 10.5. The first-order valence-electron chi connectivity index (χ1n) is 6.44. The number of halogens is 1. The van der Waals surface area contributed by atoms with Gasteiger partial charge >= 0.3 is 0 Å². The van der Waals surface area contributed by atoms with Crippen LogP contribution in [0.4, 0.5) is 0 Å². The molecule has 0 spiro atoms. The van der Waals surface area contributed by atoms with Crippen molar-refractivity contribution in [3.05, 3.63) is 34.3 Å². The van der Waals surface area contributed by atoms with Crippen LogP contribution in [0.15, 0.2) is 18.2 Å². The van der Waals surface area contributed by atoms with Crippen LogP contribution in [0.1, 0.15) is 61.4 Å². The molecule has 0 aliphatic rings. The largest absolute Gasteiger partial charge is 0.294 e. The van der Waals surface area contributed by atoms with E-state index in [4.69, 9.17) is 11.6 Å². The summed E-state index contributed by atoms with van der Waals surface area (Å²) in [5.41, 5.74) is 1.77. The Morgan fingerprint density at radius 1 is 1.18 bits per heavy atom. The molecule has 0 aliphatic carbocycles. The Kier molecular flexibility index (Phi) is 6.28. The summed E-state index contributed by atoms with van der Waals surface area (Å²) < 4.78 is 0. The van der Waals surface area contributed by atoms with E-state index >= 15 is 0 Å². The Bertz CT molecular complexity index is 371. The number of rotatable bonds is 7. The third kappa shape index (κ3) is 4.91. The Labute approximate surface area is 109 Å². The molecule has 1 rings (SSSR count). The highest BCUT2D eigenvalue weighted by Crippen LogP contribution is 2.18. The van der Waals surface area contributed by atoms with Crippen LogP contribution in [-0.2, 0) is 0 Å². The lowest BCUT2D eigenvalue weighted by Gasteiger charge is -2.03. The van der Waals surface area contributed by atoms with Crippen LogP contribution in [-0.4, -0.2) is 5.78 Å². The lowest BCUT2D eigenvalue weighted by Crippen LogP contribution is -1.99. The molecule has 1 aromatic rings. The first kappa shape index (κ1) is 14.2. The number of hydrogen-bond acceptors (Lipinski definition) is 1. The predicted octanol–water partition coefficient (Wildman–Crippen LogP) is 5.19. The number of carbonyl (C=O) groups excluding carboxylic acids is 1. The SMILES string of the molecule is CCCCCCCC(=O)c1ccc(C)c(Cl)c1. The molecule has 0 bridgehead atoms. The number of ketones is 1. The van der Waals surface area contributed by atoms with Crippen molar-refractivity contribution in [3.63, 3.8) is 0 Å². The average molecular weight is 253 g/mol. The van der Waals surface area contributed by atoms with Crippen LogP contribution in [0.3, 0.4) is 0 Å². The number of carbonyl (C=O) groups is 1. The quantitative estimate of drug-likeness (QED) is 0.482. The summed E-state index contributed by atoms with van der Waals surface area (Å²) >= 11 is 6.01. The van der Waals surface area contributed by atoms with Gasteiger partial charge in [0.1, 0.15) is 0 Å². The molecule has 1 aromatic carbocycles. The van der Waals surface area contributed by atoms with E-state index in [-0.39, 0.29) is 5.78 Å². The molecular weight excluding hydrogens is 232 g/mol. The Balaban J connectivity index is 2.39. The van der Waals surface area contributed by atoms with E-state index in [0.717, 1.165) is 24.0 Å². The fourth-order valence-electron chi connectivity index (χ4n) is 1.80. The number of unbranched alkanes of at least 4 members (excludes halogenated alkanes) is 4. The monoisotopic (exact) mass is 252 g/mol.